The number of para-hydroxylation sites is 2. The molecule has 3 heterocycles. The van der Waals surface area contributed by atoms with Crippen LogP contribution in [0.25, 0.3) is 32.1 Å². The van der Waals surface area contributed by atoms with Gasteiger partial charge in [-0.05, 0) is 42.5 Å². The molecule has 25 heavy (non-hydrogen) atoms. The molecule has 0 radical (unpaired) electrons. The number of aromatic nitrogens is 2. The fourth-order valence-electron chi connectivity index (χ4n) is 2.71. The molecule has 0 saturated heterocycles. The third-order valence-corrected chi connectivity index (χ3v) is 6.02. The Labute approximate surface area is 151 Å². The number of benzene rings is 2. The van der Waals surface area contributed by atoms with Crippen LogP contribution < -0.4 is 0 Å². The summed E-state index contributed by atoms with van der Waals surface area (Å²) in [6, 6.07) is 20.2. The maximum atomic E-state index is 5.53. The van der Waals surface area contributed by atoms with Crippen molar-refractivity contribution in [3.63, 3.8) is 0 Å². The van der Waals surface area contributed by atoms with Crippen LogP contribution in [0.15, 0.2) is 71.3 Å². The van der Waals surface area contributed by atoms with Gasteiger partial charge in [0.05, 0.1) is 32.3 Å². The van der Waals surface area contributed by atoms with E-state index >= 15 is 0 Å². The molecule has 0 saturated carbocycles. The van der Waals surface area contributed by atoms with Gasteiger partial charge < -0.3 is 4.42 Å². The van der Waals surface area contributed by atoms with Gasteiger partial charge in [-0.15, -0.1) is 22.7 Å². The molecule has 0 aliphatic heterocycles. The molecular weight excluding hydrogens is 348 g/mol. The maximum Gasteiger partial charge on any atom is 0.127 e. The van der Waals surface area contributed by atoms with E-state index in [1.807, 2.05) is 54.6 Å². The van der Waals surface area contributed by atoms with Crippen molar-refractivity contribution in [2.75, 3.05) is 0 Å². The van der Waals surface area contributed by atoms with Crippen LogP contribution in [0.1, 0.15) is 15.8 Å². The summed E-state index contributed by atoms with van der Waals surface area (Å²) >= 11 is 3.36. The molecule has 5 heteroatoms. The third-order valence-electron chi connectivity index (χ3n) is 3.88. The van der Waals surface area contributed by atoms with Crippen LogP contribution in [-0.2, 0) is 0 Å². The molecule has 0 bridgehead atoms. The van der Waals surface area contributed by atoms with E-state index in [2.05, 4.69) is 12.1 Å². The van der Waals surface area contributed by atoms with Gasteiger partial charge in [0.15, 0.2) is 0 Å². The first-order valence-corrected chi connectivity index (χ1v) is 9.47. The summed E-state index contributed by atoms with van der Waals surface area (Å²) in [6.07, 6.45) is 3.70. The van der Waals surface area contributed by atoms with Gasteiger partial charge in [0.25, 0.3) is 0 Å². The third kappa shape index (κ3) is 2.67. The van der Waals surface area contributed by atoms with Crippen LogP contribution in [0.3, 0.4) is 0 Å². The van der Waals surface area contributed by atoms with E-state index in [0.29, 0.717) is 0 Å². The first-order chi connectivity index (χ1) is 12.4. The lowest BCUT2D eigenvalue weighted by molar-refractivity contribution is 0.557. The fourth-order valence-corrected chi connectivity index (χ4v) is 4.74. The van der Waals surface area contributed by atoms with Crippen LogP contribution >= 0.6 is 22.7 Å². The smallest absolute Gasteiger partial charge is 0.127 e. The van der Waals surface area contributed by atoms with Gasteiger partial charge >= 0.3 is 0 Å². The molecule has 0 amide bonds. The number of nitrogens with zero attached hydrogens (tertiary/aromatic N) is 2. The number of hydrogen-bond acceptors (Lipinski definition) is 5. The summed E-state index contributed by atoms with van der Waals surface area (Å²) in [7, 11) is 0. The molecule has 0 aliphatic carbocycles. The van der Waals surface area contributed by atoms with E-state index in [9.17, 15) is 0 Å². The van der Waals surface area contributed by atoms with E-state index in [0.717, 1.165) is 32.4 Å². The maximum absolute atomic E-state index is 5.53. The number of hydrogen-bond donors (Lipinski definition) is 0. The molecule has 3 nitrogen and oxygen atoms in total. The van der Waals surface area contributed by atoms with E-state index in [-0.39, 0.29) is 0 Å². The Balaban J connectivity index is 1.73. The molecule has 5 rings (SSSR count). The summed E-state index contributed by atoms with van der Waals surface area (Å²) in [5, 5.41) is 1.91. The highest BCUT2D eigenvalue weighted by molar-refractivity contribution is 7.22. The average Bonchev–Trinajstić information content (AvgIpc) is 3.37. The molecule has 0 atom stereocenters. The zero-order chi connectivity index (χ0) is 16.6. The first kappa shape index (κ1) is 14.6. The predicted molar refractivity (Wildman–Crippen MR) is 105 cm³/mol. The fraction of sp³-hybridized carbons (Fsp3) is 0. The van der Waals surface area contributed by atoms with Crippen LogP contribution in [-0.4, -0.2) is 9.97 Å². The van der Waals surface area contributed by atoms with Crippen molar-refractivity contribution in [1.29, 1.82) is 0 Å². The van der Waals surface area contributed by atoms with E-state index in [1.54, 1.807) is 28.9 Å². The van der Waals surface area contributed by atoms with E-state index in [4.69, 9.17) is 14.4 Å². The Morgan fingerprint density at radius 3 is 1.88 bits per heavy atom. The largest absolute Gasteiger partial charge is 0.465 e. The molecule has 0 fully saturated rings. The van der Waals surface area contributed by atoms with Gasteiger partial charge in [-0.1, -0.05) is 24.3 Å². The van der Waals surface area contributed by atoms with Crippen molar-refractivity contribution in [3.8, 4) is 0 Å². The Morgan fingerprint density at radius 2 is 1.36 bits per heavy atom. The average molecular weight is 360 g/mol. The van der Waals surface area contributed by atoms with Crippen LogP contribution in [0.2, 0.25) is 0 Å². The summed E-state index contributed by atoms with van der Waals surface area (Å²) in [5.74, 6) is 0.800. The predicted octanol–water partition coefficient (Wildman–Crippen LogP) is 6.09. The highest BCUT2D eigenvalue weighted by atomic mass is 32.1. The van der Waals surface area contributed by atoms with Crippen molar-refractivity contribution in [3.05, 3.63) is 82.7 Å². The monoisotopic (exact) mass is 360 g/mol. The lowest BCUT2D eigenvalue weighted by Crippen LogP contribution is -1.86. The van der Waals surface area contributed by atoms with Crippen molar-refractivity contribution >= 4 is 54.8 Å². The van der Waals surface area contributed by atoms with Crippen LogP contribution in [0, 0.1) is 0 Å². The molecule has 120 valence electrons. The summed E-state index contributed by atoms with van der Waals surface area (Å²) in [6.45, 7) is 0. The summed E-state index contributed by atoms with van der Waals surface area (Å²) in [5.41, 5.74) is 3.01. The minimum Gasteiger partial charge on any atom is -0.465 e. The molecule has 5 aromatic rings. The van der Waals surface area contributed by atoms with Gasteiger partial charge in [-0.2, -0.15) is 0 Å². The lowest BCUT2D eigenvalue weighted by atomic mass is 10.2. The standard InChI is InChI=1S/C20H12N2OS2/c1-3-9-17-15(7-1)21-19(24-17)14(12-13-6-5-11-23-13)20-22-16-8-2-4-10-18(16)25-20/h1-12H. The summed E-state index contributed by atoms with van der Waals surface area (Å²) < 4.78 is 7.87. The van der Waals surface area contributed by atoms with Gasteiger partial charge in [0.2, 0.25) is 0 Å². The highest BCUT2D eigenvalue weighted by Gasteiger charge is 2.16. The minimum absolute atomic E-state index is 0.800. The molecule has 3 aromatic heterocycles. The number of furan rings is 1. The van der Waals surface area contributed by atoms with Gasteiger partial charge in [0.1, 0.15) is 15.8 Å². The molecule has 0 N–H and O–H groups in total. The van der Waals surface area contributed by atoms with E-state index < -0.39 is 0 Å². The molecular formula is C20H12N2OS2. The second-order valence-electron chi connectivity index (χ2n) is 5.55. The van der Waals surface area contributed by atoms with Crippen LogP contribution in [0.5, 0.6) is 0 Å². The second-order valence-corrected chi connectivity index (χ2v) is 7.61. The normalized spacial score (nSPS) is 11.2. The second kappa shape index (κ2) is 5.95. The Kier molecular flexibility index (Phi) is 3.47. The van der Waals surface area contributed by atoms with Crippen molar-refractivity contribution in [2.24, 2.45) is 0 Å². The zero-order valence-corrected chi connectivity index (χ0v) is 14.7. The highest BCUT2D eigenvalue weighted by Crippen LogP contribution is 2.36. The SMILES string of the molecule is C(=C(c1nc2ccccc2s1)c1nc2ccccc2s1)c1ccco1. The van der Waals surface area contributed by atoms with Crippen molar-refractivity contribution in [2.45, 2.75) is 0 Å². The van der Waals surface area contributed by atoms with Gasteiger partial charge in [-0.25, -0.2) is 9.97 Å². The van der Waals surface area contributed by atoms with Crippen LogP contribution in [0.4, 0.5) is 0 Å². The Morgan fingerprint density at radius 1 is 0.760 bits per heavy atom. The zero-order valence-electron chi connectivity index (χ0n) is 13.0. The minimum atomic E-state index is 0.800. The molecule has 0 spiro atoms. The van der Waals surface area contributed by atoms with E-state index in [1.165, 1.54) is 9.40 Å². The van der Waals surface area contributed by atoms with Gasteiger partial charge in [-0.3, -0.25) is 0 Å². The summed E-state index contributed by atoms with van der Waals surface area (Å²) in [4.78, 5) is 9.63. The Hall–Kier alpha value is -2.76. The number of rotatable bonds is 3. The first-order valence-electron chi connectivity index (χ1n) is 7.84. The Bertz CT molecular complexity index is 1060. The van der Waals surface area contributed by atoms with Gasteiger partial charge in [0, 0.05) is 0 Å². The lowest BCUT2D eigenvalue weighted by Gasteiger charge is -1.99. The molecule has 0 aliphatic rings. The molecule has 0 unspecified atom stereocenters. The molecule has 2 aromatic carbocycles. The number of fused-ring (bicyclic) bond motifs is 2. The van der Waals surface area contributed by atoms with Crippen molar-refractivity contribution < 1.29 is 4.42 Å². The number of thiazole rings is 2. The quantitative estimate of drug-likeness (QED) is 0.391. The van der Waals surface area contributed by atoms with Crippen molar-refractivity contribution in [1.82, 2.24) is 9.97 Å². The topological polar surface area (TPSA) is 38.9 Å².